The third kappa shape index (κ3) is 5.39. The minimum absolute atomic E-state index is 0.174. The lowest BCUT2D eigenvalue weighted by atomic mass is 10.1. The molecular weight excluding hydrogens is 360 g/mol. The topological polar surface area (TPSA) is 85.9 Å². The molecule has 0 fully saturated rings. The van der Waals surface area contributed by atoms with Crippen molar-refractivity contribution >= 4 is 11.8 Å². The largest absolute Gasteiger partial charge is 0.496 e. The van der Waals surface area contributed by atoms with E-state index in [0.29, 0.717) is 22.8 Å². The van der Waals surface area contributed by atoms with Gasteiger partial charge < -0.3 is 24.8 Å². The van der Waals surface area contributed by atoms with Crippen molar-refractivity contribution in [3.63, 3.8) is 0 Å². The van der Waals surface area contributed by atoms with Gasteiger partial charge in [0, 0.05) is 36.7 Å². The first-order valence-corrected chi connectivity index (χ1v) is 8.89. The first-order valence-electron chi connectivity index (χ1n) is 8.89. The van der Waals surface area contributed by atoms with Gasteiger partial charge in [0.1, 0.15) is 5.75 Å². The second-order valence-corrected chi connectivity index (χ2v) is 6.12. The van der Waals surface area contributed by atoms with Gasteiger partial charge in [-0.05, 0) is 24.6 Å². The molecule has 0 heterocycles. The zero-order valence-corrected chi connectivity index (χ0v) is 16.6. The lowest BCUT2D eigenvalue weighted by molar-refractivity contribution is -0.121. The Balaban J connectivity index is 1.87. The minimum atomic E-state index is -0.188. The third-order valence-electron chi connectivity index (χ3n) is 4.29. The maximum absolute atomic E-state index is 12.2. The number of aryl methyl sites for hydroxylation is 1. The summed E-state index contributed by atoms with van der Waals surface area (Å²) in [6.07, 6.45) is 0.174. The van der Waals surface area contributed by atoms with Gasteiger partial charge in [0.25, 0.3) is 5.91 Å². The maximum atomic E-state index is 12.2. The van der Waals surface area contributed by atoms with Crippen LogP contribution in [0.4, 0.5) is 0 Å². The molecule has 2 amide bonds. The fourth-order valence-electron chi connectivity index (χ4n) is 2.73. The number of ether oxygens (including phenoxy) is 3. The second-order valence-electron chi connectivity index (χ2n) is 6.12. The molecular formula is C21H26N2O5. The van der Waals surface area contributed by atoms with E-state index >= 15 is 0 Å². The highest BCUT2D eigenvalue weighted by Crippen LogP contribution is 2.34. The van der Waals surface area contributed by atoms with Gasteiger partial charge in [-0.15, -0.1) is 0 Å². The molecule has 7 heteroatoms. The van der Waals surface area contributed by atoms with E-state index in [0.717, 1.165) is 11.1 Å². The summed E-state index contributed by atoms with van der Waals surface area (Å²) in [4.78, 5) is 24.3. The van der Waals surface area contributed by atoms with Gasteiger partial charge in [0.2, 0.25) is 5.91 Å². The Hall–Kier alpha value is -3.22. The number of methoxy groups -OCH3 is 3. The monoisotopic (exact) mass is 386 g/mol. The van der Waals surface area contributed by atoms with Crippen molar-refractivity contribution in [3.05, 3.63) is 53.1 Å². The van der Waals surface area contributed by atoms with E-state index in [1.54, 1.807) is 39.5 Å². The van der Waals surface area contributed by atoms with E-state index in [-0.39, 0.29) is 31.3 Å². The van der Waals surface area contributed by atoms with Crippen LogP contribution in [0, 0.1) is 6.92 Å². The Labute approximate surface area is 165 Å². The van der Waals surface area contributed by atoms with Gasteiger partial charge in [-0.25, -0.2) is 0 Å². The highest BCUT2D eigenvalue weighted by molar-refractivity contribution is 5.95. The van der Waals surface area contributed by atoms with Crippen LogP contribution in [-0.2, 0) is 11.3 Å². The molecule has 0 radical (unpaired) electrons. The average Bonchev–Trinajstić information content (AvgIpc) is 2.71. The fourth-order valence-corrected chi connectivity index (χ4v) is 2.73. The summed E-state index contributed by atoms with van der Waals surface area (Å²) >= 11 is 0. The number of carbonyl (C=O) groups is 2. The van der Waals surface area contributed by atoms with Crippen LogP contribution in [0.3, 0.4) is 0 Å². The van der Waals surface area contributed by atoms with Crippen LogP contribution in [0.25, 0.3) is 0 Å². The molecule has 0 bridgehead atoms. The normalized spacial score (nSPS) is 10.1. The summed E-state index contributed by atoms with van der Waals surface area (Å²) in [6, 6.07) is 10.8. The van der Waals surface area contributed by atoms with Crippen molar-refractivity contribution < 1.29 is 23.8 Å². The van der Waals surface area contributed by atoms with Crippen LogP contribution >= 0.6 is 0 Å². The first-order chi connectivity index (χ1) is 13.5. The third-order valence-corrected chi connectivity index (χ3v) is 4.29. The number of hydrogen-bond donors (Lipinski definition) is 2. The number of amides is 2. The molecule has 2 aromatic rings. The second kappa shape index (κ2) is 10.2. The van der Waals surface area contributed by atoms with Crippen molar-refractivity contribution in [1.29, 1.82) is 0 Å². The summed E-state index contributed by atoms with van der Waals surface area (Å²) in [5.74, 6) is 1.33. The van der Waals surface area contributed by atoms with E-state index < -0.39 is 0 Å². The van der Waals surface area contributed by atoms with Crippen LogP contribution in [0.15, 0.2) is 36.4 Å². The van der Waals surface area contributed by atoms with E-state index in [1.807, 2.05) is 25.1 Å². The zero-order chi connectivity index (χ0) is 20.5. The number of benzene rings is 2. The lowest BCUT2D eigenvalue weighted by Crippen LogP contribution is -2.30. The lowest BCUT2D eigenvalue weighted by Gasteiger charge is -2.14. The highest BCUT2D eigenvalue weighted by Gasteiger charge is 2.13. The summed E-state index contributed by atoms with van der Waals surface area (Å²) in [6.45, 7) is 2.40. The molecule has 0 saturated heterocycles. The zero-order valence-electron chi connectivity index (χ0n) is 16.6. The Morgan fingerprint density at radius 3 is 2.18 bits per heavy atom. The van der Waals surface area contributed by atoms with Gasteiger partial charge in [0.05, 0.1) is 21.3 Å². The molecule has 0 aliphatic rings. The van der Waals surface area contributed by atoms with Crippen LogP contribution < -0.4 is 24.8 Å². The number of carbonyl (C=O) groups excluding carboxylic acids is 2. The molecule has 2 aromatic carbocycles. The smallest absolute Gasteiger partial charge is 0.251 e. The maximum Gasteiger partial charge on any atom is 0.251 e. The molecule has 2 N–H and O–H groups in total. The molecule has 0 aromatic heterocycles. The molecule has 0 saturated carbocycles. The standard InChI is InChI=1S/C21H26N2O5/c1-14-7-5-6-8-16(14)21(25)22-10-9-20(24)23-13-15-11-18(27-3)19(28-4)12-17(15)26-2/h5-8,11-12H,9-10,13H2,1-4H3,(H,22,25)(H,23,24). The van der Waals surface area contributed by atoms with Crippen molar-refractivity contribution in [2.75, 3.05) is 27.9 Å². The van der Waals surface area contributed by atoms with Crippen molar-refractivity contribution in [2.45, 2.75) is 19.9 Å². The number of rotatable bonds is 9. The van der Waals surface area contributed by atoms with Gasteiger partial charge in [-0.3, -0.25) is 9.59 Å². The quantitative estimate of drug-likeness (QED) is 0.691. The van der Waals surface area contributed by atoms with Crippen molar-refractivity contribution in [3.8, 4) is 17.2 Å². The van der Waals surface area contributed by atoms with Crippen LogP contribution in [-0.4, -0.2) is 39.7 Å². The van der Waals surface area contributed by atoms with Crippen molar-refractivity contribution in [2.24, 2.45) is 0 Å². The molecule has 0 aliphatic heterocycles. The molecule has 7 nitrogen and oxygen atoms in total. The van der Waals surface area contributed by atoms with Gasteiger partial charge >= 0.3 is 0 Å². The molecule has 0 atom stereocenters. The SMILES string of the molecule is COc1cc(OC)c(OC)cc1CNC(=O)CCNC(=O)c1ccccc1C. The first kappa shape index (κ1) is 21.1. The van der Waals surface area contributed by atoms with E-state index in [2.05, 4.69) is 10.6 Å². The van der Waals surface area contributed by atoms with Crippen LogP contribution in [0.1, 0.15) is 27.9 Å². The molecule has 0 unspecified atom stereocenters. The predicted molar refractivity (Wildman–Crippen MR) is 106 cm³/mol. The summed E-state index contributed by atoms with van der Waals surface area (Å²) in [5, 5.41) is 5.58. The average molecular weight is 386 g/mol. The summed E-state index contributed by atoms with van der Waals surface area (Å²) < 4.78 is 15.9. The number of nitrogens with one attached hydrogen (secondary N) is 2. The molecule has 0 spiro atoms. The number of hydrogen-bond acceptors (Lipinski definition) is 5. The Morgan fingerprint density at radius 1 is 0.893 bits per heavy atom. The minimum Gasteiger partial charge on any atom is -0.496 e. The van der Waals surface area contributed by atoms with Crippen molar-refractivity contribution in [1.82, 2.24) is 10.6 Å². The summed E-state index contributed by atoms with van der Waals surface area (Å²) in [7, 11) is 4.64. The summed E-state index contributed by atoms with van der Waals surface area (Å²) in [5.41, 5.74) is 2.26. The predicted octanol–water partition coefficient (Wildman–Crippen LogP) is 2.46. The highest BCUT2D eigenvalue weighted by atomic mass is 16.5. The van der Waals surface area contributed by atoms with Gasteiger partial charge in [-0.2, -0.15) is 0 Å². The van der Waals surface area contributed by atoms with E-state index in [9.17, 15) is 9.59 Å². The molecule has 28 heavy (non-hydrogen) atoms. The van der Waals surface area contributed by atoms with Crippen LogP contribution in [0.5, 0.6) is 17.2 Å². The van der Waals surface area contributed by atoms with E-state index in [1.165, 1.54) is 0 Å². The fraction of sp³-hybridized carbons (Fsp3) is 0.333. The molecule has 150 valence electrons. The molecule has 0 aliphatic carbocycles. The van der Waals surface area contributed by atoms with Crippen LogP contribution in [0.2, 0.25) is 0 Å². The Bertz CT molecular complexity index is 836. The Kier molecular flexibility index (Phi) is 7.68. The molecule has 2 rings (SSSR count). The van der Waals surface area contributed by atoms with Gasteiger partial charge in [-0.1, -0.05) is 18.2 Å². The van der Waals surface area contributed by atoms with E-state index in [4.69, 9.17) is 14.2 Å². The Morgan fingerprint density at radius 2 is 1.54 bits per heavy atom. The van der Waals surface area contributed by atoms with Gasteiger partial charge in [0.15, 0.2) is 11.5 Å².